The molecule has 0 saturated carbocycles. The number of benzene rings is 1. The molecule has 18 heavy (non-hydrogen) atoms. The summed E-state index contributed by atoms with van der Waals surface area (Å²) in [6.45, 7) is 0.224. The third-order valence-electron chi connectivity index (χ3n) is 2.11. The first-order chi connectivity index (χ1) is 8.56. The van der Waals surface area contributed by atoms with Gasteiger partial charge < -0.3 is 4.74 Å². The van der Waals surface area contributed by atoms with Gasteiger partial charge in [0.25, 0.3) is 0 Å². The Labute approximate surface area is 124 Å². The van der Waals surface area contributed by atoms with Gasteiger partial charge in [0.2, 0.25) is 0 Å². The van der Waals surface area contributed by atoms with Crippen LogP contribution in [0, 0.1) is 0 Å². The zero-order valence-electron chi connectivity index (χ0n) is 8.96. The molecule has 0 aliphatic carbocycles. The van der Waals surface area contributed by atoms with Crippen molar-refractivity contribution in [3.05, 3.63) is 56.2 Å². The van der Waals surface area contributed by atoms with Crippen molar-refractivity contribution in [2.45, 2.75) is 6.61 Å². The molecule has 6 heteroatoms. The molecular formula is C12H7Cl4NO. The first-order valence-corrected chi connectivity index (χ1v) is 6.45. The minimum absolute atomic E-state index is 0.224. The summed E-state index contributed by atoms with van der Waals surface area (Å²) in [6.07, 6.45) is 1.60. The van der Waals surface area contributed by atoms with Crippen LogP contribution in [0.1, 0.15) is 5.69 Å². The molecule has 1 aromatic heterocycles. The van der Waals surface area contributed by atoms with Crippen LogP contribution in [0.3, 0.4) is 0 Å². The van der Waals surface area contributed by atoms with Crippen molar-refractivity contribution in [1.82, 2.24) is 4.98 Å². The molecule has 0 radical (unpaired) electrons. The second-order valence-corrected chi connectivity index (χ2v) is 5.14. The molecule has 0 unspecified atom stereocenters. The fourth-order valence-corrected chi connectivity index (χ4v) is 2.45. The summed E-state index contributed by atoms with van der Waals surface area (Å²) >= 11 is 23.6. The summed E-state index contributed by atoms with van der Waals surface area (Å²) < 4.78 is 5.52. The number of halogens is 4. The second-order valence-electron chi connectivity index (χ2n) is 3.45. The number of pyridine rings is 1. The second kappa shape index (κ2) is 5.98. The van der Waals surface area contributed by atoms with E-state index >= 15 is 0 Å². The molecule has 0 bridgehead atoms. The van der Waals surface area contributed by atoms with Crippen LogP contribution in [0.15, 0.2) is 30.5 Å². The average Bonchev–Trinajstić information content (AvgIpc) is 2.27. The Kier molecular flexibility index (Phi) is 4.57. The zero-order valence-corrected chi connectivity index (χ0v) is 12.0. The van der Waals surface area contributed by atoms with Gasteiger partial charge in [0.1, 0.15) is 6.61 Å². The Bertz CT molecular complexity index is 551. The molecule has 1 heterocycles. The predicted molar refractivity (Wildman–Crippen MR) is 75.1 cm³/mol. The van der Waals surface area contributed by atoms with Crippen molar-refractivity contribution >= 4 is 46.4 Å². The zero-order chi connectivity index (χ0) is 13.1. The predicted octanol–water partition coefficient (Wildman–Crippen LogP) is 5.27. The van der Waals surface area contributed by atoms with Crippen LogP contribution >= 0.6 is 46.4 Å². The monoisotopic (exact) mass is 321 g/mol. The topological polar surface area (TPSA) is 22.1 Å². The first-order valence-electron chi connectivity index (χ1n) is 4.94. The third-order valence-corrected chi connectivity index (χ3v) is 3.12. The first kappa shape index (κ1) is 13.8. The molecule has 2 aromatic rings. The largest absolute Gasteiger partial charge is 0.484 e. The molecule has 0 atom stereocenters. The lowest BCUT2D eigenvalue weighted by Crippen LogP contribution is -1.99. The number of hydrogen-bond acceptors (Lipinski definition) is 2. The molecule has 0 aliphatic rings. The van der Waals surface area contributed by atoms with E-state index in [0.29, 0.717) is 31.5 Å². The number of ether oxygens (including phenoxy) is 1. The highest BCUT2D eigenvalue weighted by Crippen LogP contribution is 2.36. The Morgan fingerprint density at radius 3 is 2.22 bits per heavy atom. The van der Waals surface area contributed by atoms with Crippen molar-refractivity contribution < 1.29 is 4.74 Å². The van der Waals surface area contributed by atoms with Crippen LogP contribution < -0.4 is 4.74 Å². The van der Waals surface area contributed by atoms with Gasteiger partial charge in [-0.15, -0.1) is 0 Å². The van der Waals surface area contributed by atoms with Crippen molar-refractivity contribution in [1.29, 1.82) is 0 Å². The van der Waals surface area contributed by atoms with E-state index < -0.39 is 0 Å². The molecular weight excluding hydrogens is 316 g/mol. The Morgan fingerprint density at radius 1 is 0.944 bits per heavy atom. The fraction of sp³-hybridized carbons (Fsp3) is 0.0833. The molecule has 2 nitrogen and oxygen atoms in total. The molecule has 0 aliphatic heterocycles. The van der Waals surface area contributed by atoms with Crippen LogP contribution in [-0.2, 0) is 6.61 Å². The van der Waals surface area contributed by atoms with Gasteiger partial charge >= 0.3 is 0 Å². The highest BCUT2D eigenvalue weighted by atomic mass is 35.5. The lowest BCUT2D eigenvalue weighted by atomic mass is 10.3. The number of aromatic nitrogens is 1. The van der Waals surface area contributed by atoms with E-state index in [1.807, 2.05) is 0 Å². The van der Waals surface area contributed by atoms with E-state index in [1.54, 1.807) is 30.5 Å². The highest BCUT2D eigenvalue weighted by molar-refractivity contribution is 6.40. The van der Waals surface area contributed by atoms with Gasteiger partial charge in [0, 0.05) is 16.2 Å². The molecule has 2 rings (SSSR count). The maximum atomic E-state index is 5.99. The van der Waals surface area contributed by atoms with Gasteiger partial charge in [0.05, 0.1) is 15.7 Å². The van der Waals surface area contributed by atoms with Crippen molar-refractivity contribution in [2.24, 2.45) is 0 Å². The van der Waals surface area contributed by atoms with Gasteiger partial charge in [-0.3, -0.25) is 4.98 Å². The summed E-state index contributed by atoms with van der Waals surface area (Å²) in [5.41, 5.74) is 0.685. The number of nitrogens with zero attached hydrogens (tertiary/aromatic N) is 1. The van der Waals surface area contributed by atoms with Crippen molar-refractivity contribution in [3.8, 4) is 5.75 Å². The van der Waals surface area contributed by atoms with Crippen LogP contribution in [0.4, 0.5) is 0 Å². The highest BCUT2D eigenvalue weighted by Gasteiger charge is 2.09. The maximum Gasteiger partial charge on any atom is 0.157 e. The standard InChI is InChI=1S/C12H7Cl4NO/c13-7-1-2-17-9(3-7)6-18-12-10(15)4-8(14)5-11(12)16/h1-5H,6H2. The normalized spacial score (nSPS) is 10.4. The lowest BCUT2D eigenvalue weighted by Gasteiger charge is -2.10. The Hall–Kier alpha value is -0.670. The summed E-state index contributed by atoms with van der Waals surface area (Å²) in [5, 5.41) is 1.76. The molecule has 0 amide bonds. The quantitative estimate of drug-likeness (QED) is 0.767. The van der Waals surface area contributed by atoms with Crippen LogP contribution in [0.25, 0.3) is 0 Å². The van der Waals surface area contributed by atoms with Crippen LogP contribution in [0.2, 0.25) is 20.1 Å². The van der Waals surface area contributed by atoms with E-state index in [-0.39, 0.29) is 6.61 Å². The van der Waals surface area contributed by atoms with Gasteiger partial charge in [-0.25, -0.2) is 0 Å². The summed E-state index contributed by atoms with van der Waals surface area (Å²) in [6, 6.07) is 6.53. The summed E-state index contributed by atoms with van der Waals surface area (Å²) in [5.74, 6) is 0.379. The third kappa shape index (κ3) is 3.42. The SMILES string of the molecule is Clc1ccnc(COc2c(Cl)cc(Cl)cc2Cl)c1. The summed E-state index contributed by atoms with van der Waals surface area (Å²) in [4.78, 5) is 4.11. The molecule has 94 valence electrons. The van der Waals surface area contributed by atoms with Gasteiger partial charge in [0.15, 0.2) is 5.75 Å². The minimum Gasteiger partial charge on any atom is -0.484 e. The molecule has 1 aromatic carbocycles. The van der Waals surface area contributed by atoms with E-state index in [9.17, 15) is 0 Å². The van der Waals surface area contributed by atoms with Gasteiger partial charge in [-0.2, -0.15) is 0 Å². The smallest absolute Gasteiger partial charge is 0.157 e. The maximum absolute atomic E-state index is 5.99. The summed E-state index contributed by atoms with van der Waals surface area (Å²) in [7, 11) is 0. The van der Waals surface area contributed by atoms with E-state index in [2.05, 4.69) is 4.98 Å². The average molecular weight is 323 g/mol. The van der Waals surface area contributed by atoms with Gasteiger partial charge in [-0.05, 0) is 24.3 Å². The number of hydrogen-bond donors (Lipinski definition) is 0. The Morgan fingerprint density at radius 2 is 1.61 bits per heavy atom. The van der Waals surface area contributed by atoms with Crippen molar-refractivity contribution in [3.63, 3.8) is 0 Å². The molecule has 0 N–H and O–H groups in total. The molecule has 0 fully saturated rings. The van der Waals surface area contributed by atoms with E-state index in [1.165, 1.54) is 0 Å². The lowest BCUT2D eigenvalue weighted by molar-refractivity contribution is 0.302. The molecule has 0 saturated heterocycles. The Balaban J connectivity index is 2.16. The van der Waals surface area contributed by atoms with Crippen molar-refractivity contribution in [2.75, 3.05) is 0 Å². The van der Waals surface area contributed by atoms with E-state index in [4.69, 9.17) is 51.1 Å². The van der Waals surface area contributed by atoms with Crippen LogP contribution in [-0.4, -0.2) is 4.98 Å². The van der Waals surface area contributed by atoms with Gasteiger partial charge in [-0.1, -0.05) is 46.4 Å². The van der Waals surface area contributed by atoms with Crippen LogP contribution in [0.5, 0.6) is 5.75 Å². The minimum atomic E-state index is 0.224. The van der Waals surface area contributed by atoms with E-state index in [0.717, 1.165) is 0 Å². The fourth-order valence-electron chi connectivity index (χ4n) is 1.34. The number of rotatable bonds is 3. The molecule has 0 spiro atoms.